The van der Waals surface area contributed by atoms with Gasteiger partial charge in [-0.1, -0.05) is 36.5 Å². The van der Waals surface area contributed by atoms with Crippen molar-refractivity contribution in [1.82, 2.24) is 0 Å². The number of allylic oxidation sites excluding steroid dienone is 4. The molecule has 0 saturated heterocycles. The summed E-state index contributed by atoms with van der Waals surface area (Å²) in [5.41, 5.74) is 0.837. The lowest BCUT2D eigenvalue weighted by Crippen LogP contribution is -2.14. The Morgan fingerprint density at radius 1 is 0.778 bits per heavy atom. The summed E-state index contributed by atoms with van der Waals surface area (Å²) >= 11 is 0. The molecule has 0 fully saturated rings. The third-order valence-corrected chi connectivity index (χ3v) is 2.65. The first-order valence-electron chi connectivity index (χ1n) is 5.94. The predicted octanol–water partition coefficient (Wildman–Crippen LogP) is 2.54. The van der Waals surface area contributed by atoms with Gasteiger partial charge in [-0.2, -0.15) is 0 Å². The van der Waals surface area contributed by atoms with E-state index in [1.54, 1.807) is 24.3 Å². The maximum Gasteiger partial charge on any atom is 0.385 e. The fourth-order valence-electron chi connectivity index (χ4n) is 1.70. The van der Waals surface area contributed by atoms with Gasteiger partial charge in [0.1, 0.15) is 0 Å². The summed E-state index contributed by atoms with van der Waals surface area (Å²) < 4.78 is 0. The zero-order valence-corrected chi connectivity index (χ0v) is 9.93. The van der Waals surface area contributed by atoms with Crippen molar-refractivity contribution >= 4 is 11.9 Å². The van der Waals surface area contributed by atoms with E-state index >= 15 is 0 Å². The van der Waals surface area contributed by atoms with Crippen LogP contribution in [0, 0.1) is 0 Å². The van der Waals surface area contributed by atoms with Gasteiger partial charge in [0.25, 0.3) is 0 Å². The molecule has 2 rings (SSSR count). The van der Waals surface area contributed by atoms with E-state index in [0.29, 0.717) is 11.1 Å². The highest BCUT2D eigenvalue weighted by Crippen LogP contribution is 2.13. The highest BCUT2D eigenvalue weighted by atomic mass is 17.2. The second-order valence-electron chi connectivity index (χ2n) is 4.02. The van der Waals surface area contributed by atoms with Crippen LogP contribution in [0.2, 0.25) is 0 Å². The van der Waals surface area contributed by atoms with Crippen LogP contribution in [-0.4, -0.2) is 11.9 Å². The lowest BCUT2D eigenvalue weighted by Gasteiger charge is -2.07. The van der Waals surface area contributed by atoms with E-state index < -0.39 is 11.9 Å². The van der Waals surface area contributed by atoms with Gasteiger partial charge in [0.15, 0.2) is 0 Å². The first-order valence-corrected chi connectivity index (χ1v) is 5.94. The number of carbonyl (C=O) groups is 2. The summed E-state index contributed by atoms with van der Waals surface area (Å²) in [6, 6.07) is 0. The van der Waals surface area contributed by atoms with E-state index in [0.717, 1.165) is 25.7 Å². The summed E-state index contributed by atoms with van der Waals surface area (Å²) in [4.78, 5) is 32.1. The van der Waals surface area contributed by atoms with Gasteiger partial charge in [-0.15, -0.1) is 0 Å². The molecule has 0 aromatic carbocycles. The largest absolute Gasteiger partial charge is 0.385 e. The van der Waals surface area contributed by atoms with Crippen molar-refractivity contribution in [3.63, 3.8) is 0 Å². The molecule has 0 spiro atoms. The van der Waals surface area contributed by atoms with Crippen molar-refractivity contribution in [2.45, 2.75) is 25.7 Å². The van der Waals surface area contributed by atoms with Crippen LogP contribution < -0.4 is 0 Å². The molecular weight excluding hydrogens is 232 g/mol. The Morgan fingerprint density at radius 2 is 1.22 bits per heavy atom. The number of hydrogen-bond acceptors (Lipinski definition) is 4. The topological polar surface area (TPSA) is 52.6 Å². The maximum atomic E-state index is 11.5. The van der Waals surface area contributed by atoms with Gasteiger partial charge >= 0.3 is 11.9 Å². The van der Waals surface area contributed by atoms with Crippen molar-refractivity contribution in [2.24, 2.45) is 0 Å². The molecule has 0 heterocycles. The Balaban J connectivity index is 1.84. The molecule has 0 atom stereocenters. The Morgan fingerprint density at radius 3 is 1.56 bits per heavy atom. The van der Waals surface area contributed by atoms with Crippen LogP contribution >= 0.6 is 0 Å². The summed E-state index contributed by atoms with van der Waals surface area (Å²) in [5.74, 6) is -1.28. The monoisotopic (exact) mass is 246 g/mol. The van der Waals surface area contributed by atoms with Gasteiger partial charge in [-0.25, -0.2) is 19.4 Å². The molecule has 0 unspecified atom stereocenters. The Labute approximate surface area is 105 Å². The summed E-state index contributed by atoms with van der Waals surface area (Å²) in [7, 11) is 0. The quantitative estimate of drug-likeness (QED) is 0.555. The molecular formula is C14H14O4. The number of carbonyl (C=O) groups excluding carboxylic acids is 2. The van der Waals surface area contributed by atoms with E-state index in [-0.39, 0.29) is 0 Å². The molecule has 94 valence electrons. The third kappa shape index (κ3) is 3.20. The first kappa shape index (κ1) is 12.4. The highest BCUT2D eigenvalue weighted by molar-refractivity contribution is 5.94. The summed E-state index contributed by atoms with van der Waals surface area (Å²) in [6.45, 7) is 0. The van der Waals surface area contributed by atoms with Crippen LogP contribution in [0.5, 0.6) is 0 Å². The van der Waals surface area contributed by atoms with Crippen LogP contribution in [0.4, 0.5) is 0 Å². The van der Waals surface area contributed by atoms with Gasteiger partial charge in [0.05, 0.1) is 11.1 Å². The van der Waals surface area contributed by atoms with Crippen molar-refractivity contribution in [3.05, 3.63) is 47.6 Å². The van der Waals surface area contributed by atoms with Gasteiger partial charge in [-0.3, -0.25) is 0 Å². The van der Waals surface area contributed by atoms with E-state index in [1.165, 1.54) is 0 Å². The minimum atomic E-state index is -0.639. The molecule has 0 bridgehead atoms. The number of hydrogen-bond donors (Lipinski definition) is 0. The van der Waals surface area contributed by atoms with Gasteiger partial charge < -0.3 is 0 Å². The van der Waals surface area contributed by atoms with Gasteiger partial charge in [0, 0.05) is 0 Å². The summed E-state index contributed by atoms with van der Waals surface area (Å²) in [5, 5.41) is 0. The second kappa shape index (κ2) is 6.00. The molecule has 0 aliphatic heterocycles. The zero-order valence-electron chi connectivity index (χ0n) is 9.93. The molecule has 4 nitrogen and oxygen atoms in total. The van der Waals surface area contributed by atoms with Crippen LogP contribution in [0.25, 0.3) is 0 Å². The average molecular weight is 246 g/mol. The van der Waals surface area contributed by atoms with Crippen molar-refractivity contribution in [3.8, 4) is 0 Å². The standard InChI is InChI=1S/C14H14O4/c15-13(11-7-3-1-4-8-11)17-18-14(16)12-9-5-2-6-10-12/h3,5,7-10H,1-2,4,6H2. The highest BCUT2D eigenvalue weighted by Gasteiger charge is 2.16. The number of rotatable bonds is 2. The third-order valence-electron chi connectivity index (χ3n) is 2.65. The lowest BCUT2D eigenvalue weighted by molar-refractivity contribution is -0.251. The molecule has 0 saturated carbocycles. The molecule has 2 aliphatic rings. The van der Waals surface area contributed by atoms with E-state index in [9.17, 15) is 9.59 Å². The fraction of sp³-hybridized carbons (Fsp3) is 0.286. The minimum Gasteiger partial charge on any atom is -0.242 e. The molecule has 0 amide bonds. The average Bonchev–Trinajstić information content (AvgIpc) is 2.46. The molecule has 0 aromatic heterocycles. The van der Waals surface area contributed by atoms with Crippen molar-refractivity contribution < 1.29 is 19.4 Å². The fourth-order valence-corrected chi connectivity index (χ4v) is 1.70. The van der Waals surface area contributed by atoms with Gasteiger partial charge in [-0.05, 0) is 25.7 Å². The van der Waals surface area contributed by atoms with E-state index in [2.05, 4.69) is 9.78 Å². The van der Waals surface area contributed by atoms with Crippen LogP contribution in [-0.2, 0) is 19.4 Å². The van der Waals surface area contributed by atoms with Gasteiger partial charge in [0.2, 0.25) is 0 Å². The Bertz CT molecular complexity index is 422. The normalized spacial score (nSPS) is 17.8. The minimum absolute atomic E-state index is 0.419. The van der Waals surface area contributed by atoms with Crippen LogP contribution in [0.1, 0.15) is 25.7 Å². The molecule has 2 aliphatic carbocycles. The van der Waals surface area contributed by atoms with Crippen LogP contribution in [0.3, 0.4) is 0 Å². The van der Waals surface area contributed by atoms with Crippen molar-refractivity contribution in [1.29, 1.82) is 0 Å². The second-order valence-corrected chi connectivity index (χ2v) is 4.02. The Kier molecular flexibility index (Phi) is 4.12. The lowest BCUT2D eigenvalue weighted by atomic mass is 10.1. The first-order chi connectivity index (χ1) is 8.77. The van der Waals surface area contributed by atoms with Crippen LogP contribution in [0.15, 0.2) is 47.6 Å². The molecule has 0 radical (unpaired) electrons. The van der Waals surface area contributed by atoms with E-state index in [4.69, 9.17) is 0 Å². The van der Waals surface area contributed by atoms with Crippen molar-refractivity contribution in [2.75, 3.05) is 0 Å². The van der Waals surface area contributed by atoms with E-state index in [1.807, 2.05) is 12.2 Å². The molecule has 18 heavy (non-hydrogen) atoms. The molecule has 0 aromatic rings. The summed E-state index contributed by atoms with van der Waals surface area (Å²) in [6.07, 6.45) is 14.0. The predicted molar refractivity (Wildman–Crippen MR) is 65.1 cm³/mol. The zero-order chi connectivity index (χ0) is 12.8. The maximum absolute atomic E-state index is 11.5. The molecule has 0 N–H and O–H groups in total. The molecule has 4 heteroatoms. The Hall–Kier alpha value is -2.10. The smallest absolute Gasteiger partial charge is 0.242 e. The SMILES string of the molecule is O=C(OOC(=O)C1=CCCC=C1)C1=CCCC=C1.